The van der Waals surface area contributed by atoms with Crippen molar-refractivity contribution in [2.45, 2.75) is 77.2 Å². The predicted molar refractivity (Wildman–Crippen MR) is 114 cm³/mol. The van der Waals surface area contributed by atoms with Gasteiger partial charge in [-0.2, -0.15) is 5.10 Å². The molecule has 4 rings (SSSR count). The predicted octanol–water partition coefficient (Wildman–Crippen LogP) is 4.61. The first kappa shape index (κ1) is 19.9. The Morgan fingerprint density at radius 2 is 1.82 bits per heavy atom. The summed E-state index contributed by atoms with van der Waals surface area (Å²) in [7, 11) is 1.73. The van der Waals surface area contributed by atoms with Gasteiger partial charge >= 0.3 is 0 Å². The van der Waals surface area contributed by atoms with Crippen LogP contribution in [0.4, 0.5) is 0 Å². The Morgan fingerprint density at radius 3 is 2.46 bits per heavy atom. The van der Waals surface area contributed by atoms with Crippen molar-refractivity contribution in [3.63, 3.8) is 0 Å². The highest BCUT2D eigenvalue weighted by atomic mass is 32.1. The third-order valence-corrected chi connectivity index (χ3v) is 8.11. The highest BCUT2D eigenvalue weighted by molar-refractivity contribution is 7.20. The molecule has 0 spiro atoms. The maximum absolute atomic E-state index is 12.7. The zero-order chi connectivity index (χ0) is 19.7. The molecule has 2 fully saturated rings. The van der Waals surface area contributed by atoms with Crippen molar-refractivity contribution in [2.75, 3.05) is 13.7 Å². The normalized spacial score (nSPS) is 24.0. The maximum atomic E-state index is 12.7. The summed E-state index contributed by atoms with van der Waals surface area (Å²) in [6.45, 7) is 2.42. The lowest BCUT2D eigenvalue weighted by atomic mass is 9.79. The van der Waals surface area contributed by atoms with Crippen LogP contribution in [0.2, 0.25) is 0 Å². The van der Waals surface area contributed by atoms with Gasteiger partial charge in [-0.1, -0.05) is 19.3 Å². The molecule has 1 amide bonds. The number of aromatic nitrogens is 2. The molecule has 0 aliphatic heterocycles. The fourth-order valence-corrected chi connectivity index (χ4v) is 6.57. The molecule has 2 N–H and O–H groups in total. The van der Waals surface area contributed by atoms with E-state index >= 15 is 0 Å². The van der Waals surface area contributed by atoms with Crippen LogP contribution >= 0.6 is 11.3 Å². The first-order valence-electron chi connectivity index (χ1n) is 11.0. The van der Waals surface area contributed by atoms with Gasteiger partial charge in [0.05, 0.1) is 16.6 Å². The molecular formula is C22H33N3O2S. The fraction of sp³-hybridized carbons (Fsp3) is 0.727. The van der Waals surface area contributed by atoms with Crippen LogP contribution in [-0.4, -0.2) is 34.4 Å². The lowest BCUT2D eigenvalue weighted by Gasteiger charge is -2.27. The van der Waals surface area contributed by atoms with E-state index < -0.39 is 0 Å². The first-order valence-corrected chi connectivity index (χ1v) is 11.8. The molecular weight excluding hydrogens is 370 g/mol. The molecule has 0 saturated heterocycles. The number of aliphatic hydroxyl groups is 1. The summed E-state index contributed by atoms with van der Waals surface area (Å²) in [5, 5.41) is 18.5. The van der Waals surface area contributed by atoms with Gasteiger partial charge in [-0.15, -0.1) is 11.3 Å². The van der Waals surface area contributed by atoms with E-state index in [0.717, 1.165) is 42.7 Å². The van der Waals surface area contributed by atoms with E-state index in [-0.39, 0.29) is 5.91 Å². The molecule has 2 aliphatic carbocycles. The summed E-state index contributed by atoms with van der Waals surface area (Å²) in [6, 6.07) is 0.481. The quantitative estimate of drug-likeness (QED) is 0.766. The van der Waals surface area contributed by atoms with Crippen LogP contribution in [0, 0.1) is 18.8 Å². The average molecular weight is 404 g/mol. The molecule has 2 saturated carbocycles. The Bertz CT molecular complexity index is 827. The van der Waals surface area contributed by atoms with Crippen LogP contribution < -0.4 is 5.32 Å². The van der Waals surface area contributed by atoms with Gasteiger partial charge in [0.25, 0.3) is 5.91 Å². The van der Waals surface area contributed by atoms with Crippen molar-refractivity contribution < 1.29 is 9.90 Å². The van der Waals surface area contributed by atoms with Crippen LogP contribution in [0.15, 0.2) is 0 Å². The molecule has 0 atom stereocenters. The average Bonchev–Trinajstić information content (AvgIpc) is 3.26. The number of fused-ring (bicyclic) bond motifs is 1. The largest absolute Gasteiger partial charge is 0.396 e. The number of amides is 1. The number of nitrogens with zero attached hydrogens (tertiary/aromatic N) is 2. The van der Waals surface area contributed by atoms with Crippen molar-refractivity contribution in [3.05, 3.63) is 16.1 Å². The molecule has 0 unspecified atom stereocenters. The molecule has 154 valence electrons. The van der Waals surface area contributed by atoms with E-state index in [2.05, 4.69) is 16.9 Å². The number of nitrogens with one attached hydrogen (secondary N) is 1. The van der Waals surface area contributed by atoms with E-state index in [1.54, 1.807) is 18.4 Å². The van der Waals surface area contributed by atoms with E-state index in [1.165, 1.54) is 47.9 Å². The molecule has 28 heavy (non-hydrogen) atoms. The lowest BCUT2D eigenvalue weighted by Crippen LogP contribution is -2.21. The van der Waals surface area contributed by atoms with Gasteiger partial charge in [0.1, 0.15) is 4.83 Å². The van der Waals surface area contributed by atoms with E-state index in [9.17, 15) is 9.90 Å². The van der Waals surface area contributed by atoms with Crippen molar-refractivity contribution in [3.8, 4) is 0 Å². The summed E-state index contributed by atoms with van der Waals surface area (Å²) in [6.07, 6.45) is 11.7. The molecule has 5 nitrogen and oxygen atoms in total. The fourth-order valence-electron chi connectivity index (χ4n) is 5.21. The summed E-state index contributed by atoms with van der Waals surface area (Å²) in [4.78, 5) is 14.8. The first-order chi connectivity index (χ1) is 13.6. The number of hydrogen-bond donors (Lipinski definition) is 2. The number of aryl methyl sites for hydroxylation is 1. The van der Waals surface area contributed by atoms with E-state index in [0.29, 0.717) is 24.5 Å². The van der Waals surface area contributed by atoms with Crippen LogP contribution in [0.3, 0.4) is 0 Å². The minimum atomic E-state index is 0.0369. The number of thiophene rings is 1. The second-order valence-electron chi connectivity index (χ2n) is 8.76. The topological polar surface area (TPSA) is 67.2 Å². The van der Waals surface area contributed by atoms with Crippen LogP contribution in [0.1, 0.15) is 84.8 Å². The molecule has 0 aromatic carbocycles. The molecule has 2 aromatic heterocycles. The van der Waals surface area contributed by atoms with E-state index in [4.69, 9.17) is 5.10 Å². The molecule has 2 aromatic rings. The summed E-state index contributed by atoms with van der Waals surface area (Å²) >= 11 is 1.64. The third kappa shape index (κ3) is 3.73. The molecule has 0 radical (unpaired) electrons. The summed E-state index contributed by atoms with van der Waals surface area (Å²) in [5.41, 5.74) is 2.29. The monoisotopic (exact) mass is 403 g/mol. The second kappa shape index (κ2) is 8.54. The van der Waals surface area contributed by atoms with Gasteiger partial charge < -0.3 is 10.4 Å². The number of aliphatic hydroxyl groups excluding tert-OH is 1. The van der Waals surface area contributed by atoms with Gasteiger partial charge in [-0.05, 0) is 69.3 Å². The maximum Gasteiger partial charge on any atom is 0.261 e. The SMILES string of the molecule is CNC(=O)c1sc2c(c(C)nn2C2CCCCC2)c1C[C@H]1CC[C@H](CO)CC1. The van der Waals surface area contributed by atoms with Crippen molar-refractivity contribution in [1.29, 1.82) is 0 Å². The Kier molecular flexibility index (Phi) is 6.07. The summed E-state index contributed by atoms with van der Waals surface area (Å²) < 4.78 is 2.24. The van der Waals surface area contributed by atoms with Crippen molar-refractivity contribution in [2.24, 2.45) is 11.8 Å². The van der Waals surface area contributed by atoms with Gasteiger partial charge in [-0.25, -0.2) is 0 Å². The highest BCUT2D eigenvalue weighted by Crippen LogP contribution is 2.41. The van der Waals surface area contributed by atoms with Gasteiger partial charge in [0.15, 0.2) is 0 Å². The van der Waals surface area contributed by atoms with E-state index in [1.807, 2.05) is 0 Å². The number of carbonyl (C=O) groups is 1. The molecule has 2 aliphatic rings. The Morgan fingerprint density at radius 1 is 1.14 bits per heavy atom. The van der Waals surface area contributed by atoms with Gasteiger partial charge in [0.2, 0.25) is 0 Å². The van der Waals surface area contributed by atoms with Gasteiger partial charge in [0, 0.05) is 19.0 Å². The van der Waals surface area contributed by atoms with Crippen molar-refractivity contribution >= 4 is 27.5 Å². The van der Waals surface area contributed by atoms with Crippen LogP contribution in [0.5, 0.6) is 0 Å². The number of rotatable bonds is 5. The zero-order valence-electron chi connectivity index (χ0n) is 17.2. The minimum Gasteiger partial charge on any atom is -0.396 e. The summed E-state index contributed by atoms with van der Waals surface area (Å²) in [5.74, 6) is 1.10. The Balaban J connectivity index is 1.69. The third-order valence-electron chi connectivity index (χ3n) is 6.89. The zero-order valence-corrected chi connectivity index (χ0v) is 18.0. The minimum absolute atomic E-state index is 0.0369. The van der Waals surface area contributed by atoms with Crippen LogP contribution in [-0.2, 0) is 6.42 Å². The number of hydrogen-bond acceptors (Lipinski definition) is 4. The Labute approximate surface area is 171 Å². The van der Waals surface area contributed by atoms with Crippen LogP contribution in [0.25, 0.3) is 10.2 Å². The van der Waals surface area contributed by atoms with Crippen molar-refractivity contribution in [1.82, 2.24) is 15.1 Å². The molecule has 6 heteroatoms. The molecule has 0 bridgehead atoms. The standard InChI is InChI=1S/C22H33N3O2S/c1-14-19-18(12-15-8-10-16(13-26)11-9-15)20(21(27)23-2)28-22(19)25(24-14)17-6-4-3-5-7-17/h15-17,26H,3-13H2,1-2H3,(H,23,27)/t15-,16-. The number of carbonyl (C=O) groups excluding carboxylic acids is 1. The second-order valence-corrected chi connectivity index (χ2v) is 9.76. The highest BCUT2D eigenvalue weighted by Gasteiger charge is 2.29. The Hall–Kier alpha value is -1.40. The lowest BCUT2D eigenvalue weighted by molar-refractivity contribution is 0.0966. The van der Waals surface area contributed by atoms with Gasteiger partial charge in [-0.3, -0.25) is 9.48 Å². The smallest absolute Gasteiger partial charge is 0.261 e. The molecule has 2 heterocycles.